The number of nitrogens with zero attached hydrogens (tertiary/aromatic N) is 1. The van der Waals surface area contributed by atoms with Gasteiger partial charge in [0.05, 0.1) is 0 Å². The van der Waals surface area contributed by atoms with E-state index >= 15 is 0 Å². The van der Waals surface area contributed by atoms with Crippen LogP contribution in [-0.2, 0) is 6.54 Å². The van der Waals surface area contributed by atoms with Crippen molar-refractivity contribution in [1.29, 1.82) is 0 Å². The molecule has 2 nitrogen and oxygen atoms in total. The smallest absolute Gasteiger partial charge is 0.194 e. The zero-order valence-electron chi connectivity index (χ0n) is 11.8. The summed E-state index contributed by atoms with van der Waals surface area (Å²) in [5, 5.41) is 0. The molecule has 108 valence electrons. The van der Waals surface area contributed by atoms with Crippen LogP contribution in [0.4, 0.5) is 13.2 Å². The predicted molar refractivity (Wildman–Crippen MR) is 71.9 cm³/mol. The third kappa shape index (κ3) is 5.79. The zero-order valence-corrected chi connectivity index (χ0v) is 11.8. The van der Waals surface area contributed by atoms with Crippen LogP contribution in [0.3, 0.4) is 0 Å². The highest BCUT2D eigenvalue weighted by molar-refractivity contribution is 5.19. The average molecular weight is 274 g/mol. The molecule has 19 heavy (non-hydrogen) atoms. The average Bonchev–Trinajstić information content (AvgIpc) is 2.37. The van der Waals surface area contributed by atoms with Gasteiger partial charge >= 0.3 is 0 Å². The van der Waals surface area contributed by atoms with Gasteiger partial charge in [0.15, 0.2) is 17.5 Å². The first-order valence-electron chi connectivity index (χ1n) is 6.15. The normalized spacial score (nSPS) is 10.8. The largest absolute Gasteiger partial charge is 0.376 e. The topological polar surface area (TPSA) is 29.3 Å². The van der Waals surface area contributed by atoms with Crippen molar-refractivity contribution in [3.63, 3.8) is 0 Å². The fourth-order valence-corrected chi connectivity index (χ4v) is 1.46. The summed E-state index contributed by atoms with van der Waals surface area (Å²) in [6, 6.07) is 1.97. The van der Waals surface area contributed by atoms with Gasteiger partial charge in [0.2, 0.25) is 0 Å². The maximum absolute atomic E-state index is 13.0. The summed E-state index contributed by atoms with van der Waals surface area (Å²) in [6.45, 7) is 6.55. The van der Waals surface area contributed by atoms with Crippen LogP contribution in [0.1, 0.15) is 26.3 Å². The maximum Gasteiger partial charge on any atom is 0.194 e. The third-order valence-corrected chi connectivity index (χ3v) is 2.24. The first kappa shape index (κ1) is 17.5. The van der Waals surface area contributed by atoms with Crippen LogP contribution >= 0.6 is 0 Å². The molecule has 0 bridgehead atoms. The molecule has 0 heterocycles. The van der Waals surface area contributed by atoms with Crippen LogP contribution in [0.5, 0.6) is 0 Å². The number of benzene rings is 1. The molecule has 0 fully saturated rings. The van der Waals surface area contributed by atoms with Crippen LogP contribution < -0.4 is 5.73 Å². The van der Waals surface area contributed by atoms with Crippen molar-refractivity contribution >= 4 is 0 Å². The van der Waals surface area contributed by atoms with Gasteiger partial charge in [0.1, 0.15) is 0 Å². The van der Waals surface area contributed by atoms with E-state index in [4.69, 9.17) is 5.73 Å². The Morgan fingerprint density at radius 3 is 2.11 bits per heavy atom. The molecule has 0 aromatic heterocycles. The van der Waals surface area contributed by atoms with E-state index in [1.165, 1.54) is 0 Å². The lowest BCUT2D eigenvalue weighted by Gasteiger charge is -2.15. The minimum Gasteiger partial charge on any atom is -0.376 e. The second kappa shape index (κ2) is 8.58. The van der Waals surface area contributed by atoms with Crippen molar-refractivity contribution in [1.82, 2.24) is 4.90 Å². The summed E-state index contributed by atoms with van der Waals surface area (Å²) < 4.78 is 38.6. The van der Waals surface area contributed by atoms with E-state index in [1.54, 1.807) is 18.1 Å². The summed E-state index contributed by atoms with van der Waals surface area (Å²) in [7, 11) is 1.75. The minimum atomic E-state index is -1.44. The molecule has 1 aromatic carbocycles. The molecule has 1 aromatic rings. The Morgan fingerprint density at radius 2 is 1.68 bits per heavy atom. The number of hydrogen-bond donors (Lipinski definition) is 1. The van der Waals surface area contributed by atoms with E-state index in [-0.39, 0.29) is 6.54 Å². The molecular weight excluding hydrogens is 253 g/mol. The lowest BCUT2D eigenvalue weighted by molar-refractivity contribution is 0.424. The van der Waals surface area contributed by atoms with Gasteiger partial charge in [-0.05, 0) is 36.4 Å². The molecule has 0 saturated carbocycles. The minimum absolute atomic E-state index is 0.283. The van der Waals surface area contributed by atoms with Crippen LogP contribution in [0, 0.1) is 17.5 Å². The van der Waals surface area contributed by atoms with Gasteiger partial charge in [0, 0.05) is 20.1 Å². The van der Waals surface area contributed by atoms with E-state index in [2.05, 4.69) is 0 Å². The third-order valence-electron chi connectivity index (χ3n) is 2.24. The van der Waals surface area contributed by atoms with E-state index in [1.807, 2.05) is 20.8 Å². The summed E-state index contributed by atoms with van der Waals surface area (Å²) in [5.41, 5.74) is 6.72. The SMILES string of the molecule is C/C(=C\N(C)Cc1cc(F)c(F)c(F)c1)CN.CC. The first-order chi connectivity index (χ1) is 8.93. The number of rotatable bonds is 4. The summed E-state index contributed by atoms with van der Waals surface area (Å²) in [5.74, 6) is -3.79. The Hall–Kier alpha value is -1.49. The molecule has 0 saturated heterocycles. The van der Waals surface area contributed by atoms with Gasteiger partial charge < -0.3 is 10.6 Å². The second-order valence-electron chi connectivity index (χ2n) is 3.97. The fourth-order valence-electron chi connectivity index (χ4n) is 1.46. The monoisotopic (exact) mass is 274 g/mol. The van der Waals surface area contributed by atoms with Crippen molar-refractivity contribution in [3.05, 3.63) is 46.9 Å². The van der Waals surface area contributed by atoms with Crippen molar-refractivity contribution in [3.8, 4) is 0 Å². The second-order valence-corrected chi connectivity index (χ2v) is 3.97. The van der Waals surface area contributed by atoms with E-state index in [9.17, 15) is 13.2 Å². The number of nitrogens with two attached hydrogens (primary N) is 1. The van der Waals surface area contributed by atoms with Crippen LogP contribution in [-0.4, -0.2) is 18.5 Å². The van der Waals surface area contributed by atoms with E-state index < -0.39 is 17.5 Å². The molecule has 0 atom stereocenters. The Balaban J connectivity index is 0.00000154. The standard InChI is InChI=1S/C12H15F3N2.C2H6/c1-8(5-16)6-17(2)7-9-3-10(13)12(15)11(14)4-9;1-2/h3-4,6H,5,7,16H2,1-2H3;1-2H3/b8-6+;. The van der Waals surface area contributed by atoms with Crippen LogP contribution in [0.15, 0.2) is 23.9 Å². The van der Waals surface area contributed by atoms with Gasteiger partial charge in [0.25, 0.3) is 0 Å². The summed E-state index contributed by atoms with van der Waals surface area (Å²) >= 11 is 0. The highest BCUT2D eigenvalue weighted by atomic mass is 19.2. The molecule has 0 amide bonds. The van der Waals surface area contributed by atoms with Crippen molar-refractivity contribution in [2.75, 3.05) is 13.6 Å². The zero-order chi connectivity index (χ0) is 15.0. The fraction of sp³-hybridized carbons (Fsp3) is 0.429. The molecule has 0 aliphatic heterocycles. The lowest BCUT2D eigenvalue weighted by Crippen LogP contribution is -2.13. The van der Waals surface area contributed by atoms with Gasteiger partial charge in [-0.3, -0.25) is 0 Å². The Bertz CT molecular complexity index is 408. The molecule has 0 aliphatic carbocycles. The highest BCUT2D eigenvalue weighted by Crippen LogP contribution is 2.15. The summed E-state index contributed by atoms with van der Waals surface area (Å²) in [4.78, 5) is 1.73. The number of hydrogen-bond acceptors (Lipinski definition) is 2. The molecule has 0 aliphatic rings. The molecule has 0 spiro atoms. The van der Waals surface area contributed by atoms with E-state index in [0.717, 1.165) is 17.7 Å². The molecule has 1 rings (SSSR count). The molecular formula is C14H21F3N2. The van der Waals surface area contributed by atoms with Crippen molar-refractivity contribution < 1.29 is 13.2 Å². The quantitative estimate of drug-likeness (QED) is 0.852. The van der Waals surface area contributed by atoms with Gasteiger partial charge in [-0.2, -0.15) is 0 Å². The van der Waals surface area contributed by atoms with Crippen LogP contribution in [0.25, 0.3) is 0 Å². The predicted octanol–water partition coefficient (Wildman–Crippen LogP) is 3.42. The van der Waals surface area contributed by atoms with Crippen molar-refractivity contribution in [2.45, 2.75) is 27.3 Å². The highest BCUT2D eigenvalue weighted by Gasteiger charge is 2.10. The van der Waals surface area contributed by atoms with Gasteiger partial charge in [-0.25, -0.2) is 13.2 Å². The van der Waals surface area contributed by atoms with Crippen LogP contribution in [0.2, 0.25) is 0 Å². The molecule has 0 radical (unpaired) electrons. The lowest BCUT2D eigenvalue weighted by atomic mass is 10.2. The Labute approximate surface area is 112 Å². The van der Waals surface area contributed by atoms with E-state index in [0.29, 0.717) is 12.1 Å². The van der Waals surface area contributed by atoms with Crippen molar-refractivity contribution in [2.24, 2.45) is 5.73 Å². The van der Waals surface area contributed by atoms with Gasteiger partial charge in [-0.1, -0.05) is 13.8 Å². The molecule has 0 unspecified atom stereocenters. The Kier molecular flexibility index (Phi) is 7.91. The first-order valence-corrected chi connectivity index (χ1v) is 6.15. The van der Waals surface area contributed by atoms with Gasteiger partial charge in [-0.15, -0.1) is 0 Å². The Morgan fingerprint density at radius 1 is 1.21 bits per heavy atom. The summed E-state index contributed by atoms with van der Waals surface area (Å²) in [6.07, 6.45) is 1.78. The molecule has 5 heteroatoms. The number of halogens is 3. The molecule has 2 N–H and O–H groups in total. The maximum atomic E-state index is 13.0.